The maximum atomic E-state index is 14.9. The number of amides is 6. The highest BCUT2D eigenvalue weighted by atomic mass is 16.2. The Bertz CT molecular complexity index is 2610. The van der Waals surface area contributed by atoms with Gasteiger partial charge in [-0.3, -0.25) is 38.6 Å². The summed E-state index contributed by atoms with van der Waals surface area (Å²) in [5.41, 5.74) is 7.38. The van der Waals surface area contributed by atoms with Crippen LogP contribution in [-0.2, 0) is 54.5 Å². The predicted molar refractivity (Wildman–Crippen MR) is 275 cm³/mol. The van der Waals surface area contributed by atoms with Crippen molar-refractivity contribution in [3.63, 3.8) is 0 Å². The summed E-state index contributed by atoms with van der Waals surface area (Å²) >= 11 is 0. The molecule has 4 aromatic rings. The van der Waals surface area contributed by atoms with Crippen LogP contribution in [0.4, 0.5) is 11.4 Å². The molecule has 0 fully saturated rings. The topological polar surface area (TPSA) is 181 Å². The van der Waals surface area contributed by atoms with Crippen LogP contribution in [0.2, 0.25) is 0 Å². The van der Waals surface area contributed by atoms with E-state index in [-0.39, 0.29) is 50.7 Å². The molecule has 0 radical (unpaired) electrons. The molecule has 14 nitrogen and oxygen atoms in total. The number of rotatable bonds is 14. The van der Waals surface area contributed by atoms with Gasteiger partial charge in [0.25, 0.3) is 11.8 Å². The molecule has 368 valence electrons. The minimum absolute atomic E-state index is 0. The third-order valence-electron chi connectivity index (χ3n) is 13.6. The second-order valence-corrected chi connectivity index (χ2v) is 17.9. The second kappa shape index (κ2) is 24.5. The fourth-order valence-corrected chi connectivity index (χ4v) is 10.00. The first-order chi connectivity index (χ1) is 33.6. The Morgan fingerprint density at radius 2 is 1.03 bits per heavy atom. The number of nitrogens with one attached hydrogen (secondary N) is 6. The van der Waals surface area contributed by atoms with E-state index in [0.29, 0.717) is 24.2 Å². The number of aryl methyl sites for hydroxylation is 2. The highest BCUT2D eigenvalue weighted by Gasteiger charge is 2.44. The van der Waals surface area contributed by atoms with Crippen LogP contribution in [0.3, 0.4) is 0 Å². The molecule has 0 aromatic heterocycles. The summed E-state index contributed by atoms with van der Waals surface area (Å²) in [6.07, 6.45) is 5.56. The standard InChI is InChI=1S/C53H60N8O6.C2H4.CH4/c1-33(55-3)49(63)59-43(53(67)61-45-29-13-7-19-37(45)31-47(61)51(65)58-41-27-15-21-35-17-5-9-23-39(35)41)25-11-10-24-42(56-48(62)32-54-2)52(66)60-44-28-12-6-18-36(44)30-46(60)50(64)57-40-26-14-20-34-16-4-8-22-38(34)40;1-2;/h4-9,12-13,16-19,22-23,28-29,33,40-43,46-47,54-55H,14-15,20-21,24-27,30-32H2,1-3H3,(H,56,62)(H,57,64)(H,58,65)(H,59,63);1-2H2;1H4/t33-,40?,41?,42?,43?,46?,47?;;/m0../s1. The van der Waals surface area contributed by atoms with E-state index < -0.39 is 53.8 Å². The lowest BCUT2D eigenvalue weighted by molar-refractivity contribution is -0.130. The SMILES string of the molecule is C.C=C.CNCC(=O)NC(CC#CCC(NC(=O)[C@H](C)NC)C(=O)N1c2ccccc2CC1C(=O)NC1CCCc2ccccc21)C(=O)N1c2ccccc2CC1C(=O)NC1CCCc2ccccc21. The van der Waals surface area contributed by atoms with Crippen molar-refractivity contribution in [1.82, 2.24) is 31.9 Å². The number of likely N-dealkylation sites (N-methyl/N-ethyl adjacent to an activating group) is 2. The van der Waals surface area contributed by atoms with E-state index in [1.54, 1.807) is 33.2 Å². The Hall–Kier alpha value is -7.08. The Balaban J connectivity index is 0.00000264. The zero-order valence-electron chi connectivity index (χ0n) is 39.8. The number of para-hydroxylation sites is 2. The van der Waals surface area contributed by atoms with Crippen molar-refractivity contribution in [2.75, 3.05) is 30.4 Å². The molecular weight excluding hydrogens is 881 g/mol. The average Bonchev–Trinajstić information content (AvgIpc) is 3.97. The molecule has 70 heavy (non-hydrogen) atoms. The first kappa shape index (κ1) is 52.3. The zero-order valence-corrected chi connectivity index (χ0v) is 39.8. The van der Waals surface area contributed by atoms with Crippen molar-refractivity contribution < 1.29 is 28.8 Å². The first-order valence-corrected chi connectivity index (χ1v) is 24.0. The monoisotopic (exact) mass is 949 g/mol. The van der Waals surface area contributed by atoms with E-state index >= 15 is 0 Å². The minimum Gasteiger partial charge on any atom is -0.347 e. The lowest BCUT2D eigenvalue weighted by Gasteiger charge is -2.32. The molecule has 4 aliphatic rings. The van der Waals surface area contributed by atoms with Gasteiger partial charge in [0.05, 0.1) is 24.7 Å². The fraction of sp³-hybridized carbons (Fsp3) is 0.393. The van der Waals surface area contributed by atoms with Crippen molar-refractivity contribution in [1.29, 1.82) is 0 Å². The van der Waals surface area contributed by atoms with Crippen molar-refractivity contribution >= 4 is 46.8 Å². The summed E-state index contributed by atoms with van der Waals surface area (Å²) in [6.45, 7) is 7.61. The molecule has 0 bridgehead atoms. The summed E-state index contributed by atoms with van der Waals surface area (Å²) in [4.78, 5) is 87.9. The van der Waals surface area contributed by atoms with Gasteiger partial charge in [-0.15, -0.1) is 25.0 Å². The highest BCUT2D eigenvalue weighted by Crippen LogP contribution is 2.37. The van der Waals surface area contributed by atoms with Gasteiger partial charge in [0.1, 0.15) is 24.2 Å². The van der Waals surface area contributed by atoms with Gasteiger partial charge in [-0.05, 0) is 105 Å². The maximum Gasteiger partial charge on any atom is 0.251 e. The van der Waals surface area contributed by atoms with Crippen molar-refractivity contribution in [2.24, 2.45) is 0 Å². The van der Waals surface area contributed by atoms with Crippen LogP contribution in [0, 0.1) is 11.8 Å². The van der Waals surface area contributed by atoms with Crippen LogP contribution in [0.5, 0.6) is 0 Å². The summed E-state index contributed by atoms with van der Waals surface area (Å²) in [5, 5.41) is 17.9. The minimum atomic E-state index is -1.18. The largest absolute Gasteiger partial charge is 0.347 e. The number of hydrogen-bond donors (Lipinski definition) is 6. The van der Waals surface area contributed by atoms with Crippen molar-refractivity contribution in [3.05, 3.63) is 144 Å². The number of fused-ring (bicyclic) bond motifs is 4. The van der Waals surface area contributed by atoms with E-state index in [2.05, 4.69) is 69.0 Å². The normalized spacial score (nSPS) is 19.5. The molecule has 2 aliphatic heterocycles. The maximum absolute atomic E-state index is 14.9. The molecule has 4 aromatic carbocycles. The van der Waals surface area contributed by atoms with Crippen molar-refractivity contribution in [2.45, 2.75) is 121 Å². The third kappa shape index (κ3) is 11.7. The van der Waals surface area contributed by atoms with Gasteiger partial charge < -0.3 is 31.9 Å². The van der Waals surface area contributed by atoms with Crippen LogP contribution < -0.4 is 41.7 Å². The summed E-state index contributed by atoms with van der Waals surface area (Å²) in [7, 11) is 3.27. The third-order valence-corrected chi connectivity index (χ3v) is 13.6. The molecule has 2 aliphatic carbocycles. The lowest BCUT2D eigenvalue weighted by Crippen LogP contribution is -2.57. The molecular formula is C56H68N8O6. The van der Waals surface area contributed by atoms with Gasteiger partial charge in [-0.2, -0.15) is 0 Å². The highest BCUT2D eigenvalue weighted by molar-refractivity contribution is 6.08. The van der Waals surface area contributed by atoms with Gasteiger partial charge in [0.2, 0.25) is 23.6 Å². The van der Waals surface area contributed by atoms with Crippen LogP contribution in [0.1, 0.15) is 98.3 Å². The van der Waals surface area contributed by atoms with E-state index in [4.69, 9.17) is 0 Å². The molecule has 7 atom stereocenters. The van der Waals surface area contributed by atoms with Crippen LogP contribution in [0.25, 0.3) is 0 Å². The van der Waals surface area contributed by atoms with Gasteiger partial charge in [-0.1, -0.05) is 92.4 Å². The number of anilines is 2. The van der Waals surface area contributed by atoms with Gasteiger partial charge >= 0.3 is 0 Å². The van der Waals surface area contributed by atoms with Crippen molar-refractivity contribution in [3.8, 4) is 11.8 Å². The van der Waals surface area contributed by atoms with Gasteiger partial charge in [0.15, 0.2) is 0 Å². The fourth-order valence-electron chi connectivity index (χ4n) is 10.00. The van der Waals surface area contributed by atoms with Gasteiger partial charge in [0, 0.05) is 37.1 Å². The number of benzene rings is 4. The summed E-state index contributed by atoms with van der Waals surface area (Å²) < 4.78 is 0. The predicted octanol–water partition coefficient (Wildman–Crippen LogP) is 5.31. The Kier molecular flexibility index (Phi) is 18.3. The molecule has 6 N–H and O–H groups in total. The summed E-state index contributed by atoms with van der Waals surface area (Å²) in [5.74, 6) is 3.63. The molecule has 14 heteroatoms. The van der Waals surface area contributed by atoms with Crippen LogP contribution in [0.15, 0.2) is 110 Å². The molecule has 0 spiro atoms. The van der Waals surface area contributed by atoms with E-state index in [1.807, 2.05) is 72.8 Å². The van der Waals surface area contributed by atoms with Crippen LogP contribution >= 0.6 is 0 Å². The zero-order chi connectivity index (χ0) is 49.0. The number of carbonyl (C=O) groups is 6. The van der Waals surface area contributed by atoms with Gasteiger partial charge in [-0.25, -0.2) is 0 Å². The molecule has 6 unspecified atom stereocenters. The second-order valence-electron chi connectivity index (χ2n) is 17.9. The number of carbonyl (C=O) groups excluding carboxylic acids is 6. The smallest absolute Gasteiger partial charge is 0.251 e. The Morgan fingerprint density at radius 3 is 1.47 bits per heavy atom. The lowest BCUT2D eigenvalue weighted by atomic mass is 9.87. The molecule has 0 saturated carbocycles. The number of hydrogen-bond acceptors (Lipinski definition) is 8. The first-order valence-electron chi connectivity index (χ1n) is 24.0. The van der Waals surface area contributed by atoms with E-state index in [9.17, 15) is 28.8 Å². The molecule has 6 amide bonds. The summed E-state index contributed by atoms with van der Waals surface area (Å²) in [6, 6.07) is 25.8. The number of nitrogens with zero attached hydrogens (tertiary/aromatic N) is 2. The quantitative estimate of drug-likeness (QED) is 0.0728. The Morgan fingerprint density at radius 1 is 0.614 bits per heavy atom. The van der Waals surface area contributed by atoms with E-state index in [1.165, 1.54) is 20.9 Å². The average molecular weight is 949 g/mol. The Labute approximate surface area is 412 Å². The molecule has 8 rings (SSSR count). The molecule has 0 saturated heterocycles. The van der Waals surface area contributed by atoms with Crippen LogP contribution in [-0.4, -0.2) is 86.3 Å². The van der Waals surface area contributed by atoms with E-state index in [0.717, 1.165) is 60.8 Å². The molecule has 2 heterocycles.